The first-order valence-electron chi connectivity index (χ1n) is 4.48. The number of carbonyl (C=O) groups excluding carboxylic acids is 1. The average molecular weight is 212 g/mol. The van der Waals surface area contributed by atoms with Crippen molar-refractivity contribution in [2.75, 3.05) is 7.05 Å². The fraction of sp³-hybridized carbons (Fsp3) is 0.444. The van der Waals surface area contributed by atoms with Gasteiger partial charge in [0.2, 0.25) is 0 Å². The van der Waals surface area contributed by atoms with Crippen LogP contribution in [0.1, 0.15) is 23.8 Å². The Kier molecular flexibility index (Phi) is 3.43. The van der Waals surface area contributed by atoms with Gasteiger partial charge in [-0.3, -0.25) is 4.79 Å². The normalized spacial score (nSPS) is 12.1. The first-order chi connectivity index (χ1) is 7.07. The minimum absolute atomic E-state index is 0.109. The van der Waals surface area contributed by atoms with Crippen molar-refractivity contribution in [1.29, 1.82) is 0 Å². The second-order valence-electron chi connectivity index (χ2n) is 3.06. The molecule has 1 aromatic heterocycles. The summed E-state index contributed by atoms with van der Waals surface area (Å²) in [5.74, 6) is -1.49. The maximum absolute atomic E-state index is 11.7. The van der Waals surface area contributed by atoms with Crippen LogP contribution in [0.25, 0.3) is 0 Å². The van der Waals surface area contributed by atoms with Crippen LogP contribution in [0.4, 0.5) is 0 Å². The Morgan fingerprint density at radius 1 is 1.67 bits per heavy atom. The number of nitrogens with zero attached hydrogens (tertiary/aromatic N) is 2. The van der Waals surface area contributed by atoms with E-state index in [0.717, 1.165) is 4.90 Å². The molecule has 6 heteroatoms. The minimum atomic E-state index is -1.03. The Morgan fingerprint density at radius 2 is 2.33 bits per heavy atom. The second-order valence-corrected chi connectivity index (χ2v) is 3.06. The van der Waals surface area contributed by atoms with E-state index in [0.29, 0.717) is 6.42 Å². The number of aromatic nitrogens is 1. The summed E-state index contributed by atoms with van der Waals surface area (Å²) in [6.07, 6.45) is 1.61. The van der Waals surface area contributed by atoms with Crippen LogP contribution in [0, 0.1) is 0 Å². The number of likely N-dealkylation sites (N-methyl/N-ethyl adjacent to an activating group) is 1. The molecule has 82 valence electrons. The zero-order chi connectivity index (χ0) is 11.4. The van der Waals surface area contributed by atoms with Crippen molar-refractivity contribution < 1.29 is 19.2 Å². The summed E-state index contributed by atoms with van der Waals surface area (Å²) in [6, 6.07) is 0.558. The molecule has 1 N–H and O–H groups in total. The second kappa shape index (κ2) is 4.59. The highest BCUT2D eigenvalue weighted by Gasteiger charge is 2.26. The van der Waals surface area contributed by atoms with Gasteiger partial charge in [-0.25, -0.2) is 4.79 Å². The number of carbonyl (C=O) groups is 2. The molecule has 1 atom stereocenters. The predicted molar refractivity (Wildman–Crippen MR) is 50.3 cm³/mol. The molecule has 0 aromatic carbocycles. The highest BCUT2D eigenvalue weighted by Crippen LogP contribution is 2.07. The number of carboxylic acid groups (broad SMARTS) is 1. The van der Waals surface area contributed by atoms with Gasteiger partial charge in [0.05, 0.1) is 0 Å². The Balaban J connectivity index is 2.80. The lowest BCUT2D eigenvalue weighted by atomic mass is 10.2. The standard InChI is InChI=1S/C9H12N2O4/c1-3-7(9(13)14)11(2)8(12)6-4-5-15-10-6/h4-5,7H,3H2,1-2H3,(H,13,14). The fourth-order valence-corrected chi connectivity index (χ4v) is 1.26. The summed E-state index contributed by atoms with van der Waals surface area (Å²) in [5, 5.41) is 12.3. The number of hydrogen-bond acceptors (Lipinski definition) is 4. The van der Waals surface area contributed by atoms with Gasteiger partial charge in [0.25, 0.3) is 5.91 Å². The van der Waals surface area contributed by atoms with E-state index >= 15 is 0 Å². The largest absolute Gasteiger partial charge is 0.480 e. The Hall–Kier alpha value is -1.85. The van der Waals surface area contributed by atoms with Gasteiger partial charge in [0.1, 0.15) is 12.3 Å². The monoisotopic (exact) mass is 212 g/mol. The van der Waals surface area contributed by atoms with E-state index in [9.17, 15) is 9.59 Å². The van der Waals surface area contributed by atoms with Crippen LogP contribution in [0.2, 0.25) is 0 Å². The molecule has 0 aliphatic heterocycles. The van der Waals surface area contributed by atoms with E-state index in [1.54, 1.807) is 6.92 Å². The molecule has 0 aliphatic rings. The zero-order valence-corrected chi connectivity index (χ0v) is 8.51. The molecule has 6 nitrogen and oxygen atoms in total. The zero-order valence-electron chi connectivity index (χ0n) is 8.51. The fourth-order valence-electron chi connectivity index (χ4n) is 1.26. The predicted octanol–water partition coefficient (Wildman–Crippen LogP) is 0.610. The highest BCUT2D eigenvalue weighted by atomic mass is 16.5. The van der Waals surface area contributed by atoms with E-state index in [2.05, 4.69) is 9.68 Å². The van der Waals surface area contributed by atoms with Gasteiger partial charge < -0.3 is 14.5 Å². The molecule has 0 saturated carbocycles. The molecule has 1 unspecified atom stereocenters. The van der Waals surface area contributed by atoms with Crippen LogP contribution in [-0.2, 0) is 4.79 Å². The lowest BCUT2D eigenvalue weighted by Crippen LogP contribution is -2.42. The summed E-state index contributed by atoms with van der Waals surface area (Å²) in [4.78, 5) is 23.6. The van der Waals surface area contributed by atoms with Crippen molar-refractivity contribution >= 4 is 11.9 Å². The van der Waals surface area contributed by atoms with Crippen LogP contribution in [-0.4, -0.2) is 40.1 Å². The van der Waals surface area contributed by atoms with Crippen molar-refractivity contribution in [3.63, 3.8) is 0 Å². The van der Waals surface area contributed by atoms with Gasteiger partial charge in [-0.15, -0.1) is 0 Å². The third-order valence-electron chi connectivity index (χ3n) is 2.12. The van der Waals surface area contributed by atoms with Gasteiger partial charge in [0.15, 0.2) is 5.69 Å². The lowest BCUT2D eigenvalue weighted by molar-refractivity contribution is -0.142. The van der Waals surface area contributed by atoms with Crippen molar-refractivity contribution in [3.8, 4) is 0 Å². The molecule has 0 fully saturated rings. The number of aliphatic carboxylic acids is 1. The molecule has 0 radical (unpaired) electrons. The smallest absolute Gasteiger partial charge is 0.326 e. The third kappa shape index (κ3) is 2.34. The van der Waals surface area contributed by atoms with Crippen molar-refractivity contribution in [2.45, 2.75) is 19.4 Å². The summed E-state index contributed by atoms with van der Waals surface area (Å²) in [7, 11) is 1.43. The molecule has 1 rings (SSSR count). The van der Waals surface area contributed by atoms with Gasteiger partial charge in [-0.05, 0) is 6.42 Å². The Morgan fingerprint density at radius 3 is 2.73 bits per heavy atom. The molecule has 1 heterocycles. The van der Waals surface area contributed by atoms with Crippen LogP contribution in [0.5, 0.6) is 0 Å². The number of hydrogen-bond donors (Lipinski definition) is 1. The van der Waals surface area contributed by atoms with E-state index < -0.39 is 17.9 Å². The van der Waals surface area contributed by atoms with Crippen LogP contribution in [0.3, 0.4) is 0 Å². The molecule has 0 bridgehead atoms. The van der Waals surface area contributed by atoms with Crippen LogP contribution >= 0.6 is 0 Å². The maximum Gasteiger partial charge on any atom is 0.326 e. The molecular weight excluding hydrogens is 200 g/mol. The van der Waals surface area contributed by atoms with Crippen LogP contribution < -0.4 is 0 Å². The van der Waals surface area contributed by atoms with Gasteiger partial charge in [-0.1, -0.05) is 12.1 Å². The van der Waals surface area contributed by atoms with Crippen molar-refractivity contribution in [1.82, 2.24) is 10.1 Å². The van der Waals surface area contributed by atoms with Crippen molar-refractivity contribution in [3.05, 3.63) is 18.0 Å². The molecule has 0 aliphatic carbocycles. The number of rotatable bonds is 4. The molecule has 15 heavy (non-hydrogen) atoms. The molecular formula is C9H12N2O4. The quantitative estimate of drug-likeness (QED) is 0.790. The van der Waals surface area contributed by atoms with E-state index in [4.69, 9.17) is 5.11 Å². The third-order valence-corrected chi connectivity index (χ3v) is 2.12. The topological polar surface area (TPSA) is 83.6 Å². The first kappa shape index (κ1) is 11.2. The number of carboxylic acids is 1. The summed E-state index contributed by atoms with van der Waals surface area (Å²) >= 11 is 0. The summed E-state index contributed by atoms with van der Waals surface area (Å²) in [5.41, 5.74) is 0.109. The maximum atomic E-state index is 11.7. The van der Waals surface area contributed by atoms with Crippen LogP contribution in [0.15, 0.2) is 16.9 Å². The van der Waals surface area contributed by atoms with E-state index in [-0.39, 0.29) is 5.69 Å². The molecule has 0 saturated heterocycles. The highest BCUT2D eigenvalue weighted by molar-refractivity contribution is 5.94. The summed E-state index contributed by atoms with van der Waals surface area (Å²) < 4.78 is 4.51. The summed E-state index contributed by atoms with van der Waals surface area (Å²) in [6.45, 7) is 1.70. The van der Waals surface area contributed by atoms with E-state index in [1.165, 1.54) is 19.4 Å². The van der Waals surface area contributed by atoms with Gasteiger partial charge in [-0.2, -0.15) is 0 Å². The average Bonchev–Trinajstić information content (AvgIpc) is 2.69. The van der Waals surface area contributed by atoms with E-state index in [1.807, 2.05) is 0 Å². The molecule has 1 aromatic rings. The SMILES string of the molecule is CCC(C(=O)O)N(C)C(=O)c1ccon1. The molecule has 1 amide bonds. The lowest BCUT2D eigenvalue weighted by Gasteiger charge is -2.22. The Labute approximate surface area is 86.5 Å². The minimum Gasteiger partial charge on any atom is -0.480 e. The Bertz CT molecular complexity index is 347. The number of amides is 1. The first-order valence-corrected chi connectivity index (χ1v) is 4.48. The van der Waals surface area contributed by atoms with Crippen molar-refractivity contribution in [2.24, 2.45) is 0 Å². The van der Waals surface area contributed by atoms with Gasteiger partial charge in [0, 0.05) is 13.1 Å². The van der Waals surface area contributed by atoms with Gasteiger partial charge >= 0.3 is 5.97 Å². The molecule has 0 spiro atoms.